The van der Waals surface area contributed by atoms with E-state index in [-0.39, 0.29) is 0 Å². The molecule has 0 radical (unpaired) electrons. The summed E-state index contributed by atoms with van der Waals surface area (Å²) in [5.74, 6) is 0. The summed E-state index contributed by atoms with van der Waals surface area (Å²) in [6.45, 7) is 4.19. The molecule has 0 fully saturated rings. The van der Waals surface area contributed by atoms with Crippen LogP contribution in [-0.2, 0) is 6.54 Å². The van der Waals surface area contributed by atoms with E-state index in [4.69, 9.17) is 0 Å². The quantitative estimate of drug-likeness (QED) is 0.808. The van der Waals surface area contributed by atoms with Crippen LogP contribution < -0.4 is 5.32 Å². The highest BCUT2D eigenvalue weighted by atomic mass is 32.1. The molecule has 1 N–H and O–H groups in total. The van der Waals surface area contributed by atoms with E-state index in [2.05, 4.69) is 34.1 Å². The van der Waals surface area contributed by atoms with Crippen LogP contribution in [0.15, 0.2) is 23.0 Å². The molecule has 4 heteroatoms. The minimum atomic E-state index is 0.940. The number of aromatic nitrogens is 1. The van der Waals surface area contributed by atoms with Crippen molar-refractivity contribution in [2.45, 2.75) is 19.9 Å². The van der Waals surface area contributed by atoms with Crippen molar-refractivity contribution in [3.8, 4) is 10.6 Å². The Hall–Kier alpha value is -0.710. The Morgan fingerprint density at radius 3 is 3.13 bits per heavy atom. The van der Waals surface area contributed by atoms with E-state index in [9.17, 15) is 0 Å². The van der Waals surface area contributed by atoms with Gasteiger partial charge in [0.15, 0.2) is 0 Å². The molecule has 2 aromatic heterocycles. The van der Waals surface area contributed by atoms with Crippen molar-refractivity contribution >= 4 is 22.7 Å². The van der Waals surface area contributed by atoms with Crippen LogP contribution in [0, 0.1) is 0 Å². The van der Waals surface area contributed by atoms with Crippen LogP contribution in [-0.4, -0.2) is 11.5 Å². The second kappa shape index (κ2) is 5.39. The molecule has 0 saturated carbocycles. The highest BCUT2D eigenvalue weighted by molar-refractivity contribution is 7.15. The second-order valence-electron chi connectivity index (χ2n) is 3.32. The van der Waals surface area contributed by atoms with Crippen molar-refractivity contribution in [2.75, 3.05) is 6.54 Å². The van der Waals surface area contributed by atoms with Crippen LogP contribution in [0.5, 0.6) is 0 Å². The largest absolute Gasteiger partial charge is 0.312 e. The number of nitrogens with one attached hydrogen (secondary N) is 1. The van der Waals surface area contributed by atoms with Gasteiger partial charge in [0.1, 0.15) is 5.01 Å². The van der Waals surface area contributed by atoms with Crippen LogP contribution in [0.2, 0.25) is 0 Å². The lowest BCUT2D eigenvalue weighted by molar-refractivity contribution is 0.681. The smallest absolute Gasteiger partial charge is 0.124 e. The van der Waals surface area contributed by atoms with Gasteiger partial charge in [-0.1, -0.05) is 6.92 Å². The summed E-state index contributed by atoms with van der Waals surface area (Å²) in [5.41, 5.74) is 1.24. The molecule has 80 valence electrons. The zero-order valence-corrected chi connectivity index (χ0v) is 10.3. The Morgan fingerprint density at radius 1 is 1.47 bits per heavy atom. The molecule has 2 rings (SSSR count). The van der Waals surface area contributed by atoms with Gasteiger partial charge in [0.05, 0.1) is 0 Å². The maximum absolute atomic E-state index is 4.42. The molecule has 15 heavy (non-hydrogen) atoms. The number of thiophene rings is 1. The third-order valence-electron chi connectivity index (χ3n) is 2.05. The first-order valence-electron chi connectivity index (χ1n) is 5.08. The van der Waals surface area contributed by atoms with Crippen molar-refractivity contribution in [1.29, 1.82) is 0 Å². The standard InChI is InChI=1S/C11H14N2S2/c1-2-4-12-6-10-7-13-11(15-10)9-3-5-14-8-9/h3,5,7-8,12H,2,4,6H2,1H3. The average Bonchev–Trinajstić information content (AvgIpc) is 2.87. The van der Waals surface area contributed by atoms with Gasteiger partial charge in [-0.3, -0.25) is 0 Å². The summed E-state index contributed by atoms with van der Waals surface area (Å²) in [6.07, 6.45) is 3.15. The number of thiazole rings is 1. The maximum Gasteiger partial charge on any atom is 0.124 e. The predicted molar refractivity (Wildman–Crippen MR) is 67.4 cm³/mol. The Balaban J connectivity index is 1.98. The number of hydrogen-bond donors (Lipinski definition) is 1. The fourth-order valence-corrected chi connectivity index (χ4v) is 2.89. The van der Waals surface area contributed by atoms with Crippen molar-refractivity contribution in [1.82, 2.24) is 10.3 Å². The normalized spacial score (nSPS) is 10.7. The SMILES string of the molecule is CCCNCc1cnc(-c2ccsc2)s1. The van der Waals surface area contributed by atoms with Crippen LogP contribution in [0.3, 0.4) is 0 Å². The zero-order valence-electron chi connectivity index (χ0n) is 8.69. The van der Waals surface area contributed by atoms with E-state index >= 15 is 0 Å². The molecule has 2 heterocycles. The number of rotatable bonds is 5. The van der Waals surface area contributed by atoms with E-state index in [0.717, 1.165) is 18.1 Å². The molecule has 0 amide bonds. The summed E-state index contributed by atoms with van der Waals surface area (Å²) >= 11 is 3.49. The summed E-state index contributed by atoms with van der Waals surface area (Å²) < 4.78 is 0. The van der Waals surface area contributed by atoms with Gasteiger partial charge in [-0.05, 0) is 24.4 Å². The molecule has 0 aliphatic carbocycles. The number of nitrogens with zero attached hydrogens (tertiary/aromatic N) is 1. The van der Waals surface area contributed by atoms with E-state index < -0.39 is 0 Å². The third kappa shape index (κ3) is 2.87. The Bertz CT molecular complexity index is 392. The predicted octanol–water partition coefficient (Wildman–Crippen LogP) is 3.37. The summed E-state index contributed by atoms with van der Waals surface area (Å²) in [6, 6.07) is 2.12. The van der Waals surface area contributed by atoms with Crippen LogP contribution in [0.25, 0.3) is 10.6 Å². The van der Waals surface area contributed by atoms with Gasteiger partial charge in [0.25, 0.3) is 0 Å². The van der Waals surface area contributed by atoms with Crippen molar-refractivity contribution in [3.05, 3.63) is 27.9 Å². The van der Waals surface area contributed by atoms with Gasteiger partial charge in [0, 0.05) is 28.6 Å². The van der Waals surface area contributed by atoms with Crippen LogP contribution in [0.1, 0.15) is 18.2 Å². The molecule has 0 aliphatic heterocycles. The summed E-state index contributed by atoms with van der Waals surface area (Å²) in [5, 5.41) is 8.74. The molecular weight excluding hydrogens is 224 g/mol. The highest BCUT2D eigenvalue weighted by Crippen LogP contribution is 2.26. The van der Waals surface area contributed by atoms with Gasteiger partial charge < -0.3 is 5.32 Å². The highest BCUT2D eigenvalue weighted by Gasteiger charge is 2.04. The molecule has 0 spiro atoms. The van der Waals surface area contributed by atoms with Crippen LogP contribution >= 0.6 is 22.7 Å². The van der Waals surface area contributed by atoms with Crippen LogP contribution in [0.4, 0.5) is 0 Å². The van der Waals surface area contributed by atoms with E-state index in [0.29, 0.717) is 0 Å². The molecule has 0 atom stereocenters. The summed E-state index contributed by atoms with van der Waals surface area (Å²) in [7, 11) is 0. The fraction of sp³-hybridized carbons (Fsp3) is 0.364. The number of hydrogen-bond acceptors (Lipinski definition) is 4. The molecular formula is C11H14N2S2. The lowest BCUT2D eigenvalue weighted by Gasteiger charge is -1.97. The lowest BCUT2D eigenvalue weighted by Crippen LogP contribution is -2.12. The molecule has 0 bridgehead atoms. The van der Waals surface area contributed by atoms with E-state index in [1.807, 2.05) is 6.20 Å². The monoisotopic (exact) mass is 238 g/mol. The third-order valence-corrected chi connectivity index (χ3v) is 3.78. The molecule has 0 saturated heterocycles. The van der Waals surface area contributed by atoms with Gasteiger partial charge >= 0.3 is 0 Å². The zero-order chi connectivity index (χ0) is 10.5. The molecule has 2 nitrogen and oxygen atoms in total. The Labute approximate surface area is 98.0 Å². The minimum Gasteiger partial charge on any atom is -0.312 e. The second-order valence-corrected chi connectivity index (χ2v) is 5.22. The first-order valence-corrected chi connectivity index (χ1v) is 6.84. The molecule has 0 unspecified atom stereocenters. The first-order chi connectivity index (χ1) is 7.40. The van der Waals surface area contributed by atoms with Gasteiger partial charge in [-0.15, -0.1) is 11.3 Å². The Morgan fingerprint density at radius 2 is 2.40 bits per heavy atom. The topological polar surface area (TPSA) is 24.9 Å². The van der Waals surface area contributed by atoms with E-state index in [1.165, 1.54) is 16.9 Å². The van der Waals surface area contributed by atoms with Crippen molar-refractivity contribution in [3.63, 3.8) is 0 Å². The average molecular weight is 238 g/mol. The van der Waals surface area contributed by atoms with Gasteiger partial charge in [0.2, 0.25) is 0 Å². The fourth-order valence-electron chi connectivity index (χ4n) is 1.30. The van der Waals surface area contributed by atoms with E-state index in [1.54, 1.807) is 22.7 Å². The molecule has 0 aromatic carbocycles. The van der Waals surface area contributed by atoms with Gasteiger partial charge in [-0.25, -0.2) is 4.98 Å². The van der Waals surface area contributed by atoms with Crippen molar-refractivity contribution in [2.24, 2.45) is 0 Å². The first kappa shape index (κ1) is 10.8. The summed E-state index contributed by atoms with van der Waals surface area (Å²) in [4.78, 5) is 5.73. The lowest BCUT2D eigenvalue weighted by atomic mass is 10.4. The molecule has 2 aromatic rings. The Kier molecular flexibility index (Phi) is 3.88. The van der Waals surface area contributed by atoms with Gasteiger partial charge in [-0.2, -0.15) is 11.3 Å². The maximum atomic E-state index is 4.42. The molecule has 0 aliphatic rings. The van der Waals surface area contributed by atoms with Crippen molar-refractivity contribution < 1.29 is 0 Å². The minimum absolute atomic E-state index is 0.940.